The first-order valence-electron chi connectivity index (χ1n) is 6.13. The molecule has 3 nitrogen and oxygen atoms in total. The van der Waals surface area contributed by atoms with Crippen LogP contribution in [-0.4, -0.2) is 35.4 Å². The van der Waals surface area contributed by atoms with Crippen molar-refractivity contribution in [1.29, 1.82) is 0 Å². The summed E-state index contributed by atoms with van der Waals surface area (Å²) in [7, 11) is 0. The second-order valence-electron chi connectivity index (χ2n) is 3.96. The molecule has 0 fully saturated rings. The van der Waals surface area contributed by atoms with Crippen LogP contribution in [-0.2, 0) is 4.79 Å². The molecule has 0 bridgehead atoms. The number of hydrogen-bond acceptors (Lipinski definition) is 3. The first-order valence-corrected chi connectivity index (χ1v) is 7.01. The molecule has 98 valence electrons. The third kappa shape index (κ3) is 3.88. The molecule has 0 heterocycles. The van der Waals surface area contributed by atoms with Crippen molar-refractivity contribution < 1.29 is 9.59 Å². The van der Waals surface area contributed by atoms with Crippen molar-refractivity contribution in [2.24, 2.45) is 0 Å². The molecular formula is C14H19NO2S. The predicted molar refractivity (Wildman–Crippen MR) is 75.1 cm³/mol. The lowest BCUT2D eigenvalue weighted by molar-refractivity contribution is -0.129. The van der Waals surface area contributed by atoms with Crippen LogP contribution < -0.4 is 0 Å². The molecule has 4 heteroatoms. The van der Waals surface area contributed by atoms with Gasteiger partial charge in [-0.1, -0.05) is 12.1 Å². The summed E-state index contributed by atoms with van der Waals surface area (Å²) in [6.45, 7) is 7.36. The minimum atomic E-state index is -0.105. The minimum absolute atomic E-state index is 0.105. The molecule has 1 aromatic carbocycles. The maximum Gasteiger partial charge on any atom is 0.235 e. The van der Waals surface area contributed by atoms with Crippen LogP contribution in [0.15, 0.2) is 29.2 Å². The highest BCUT2D eigenvalue weighted by molar-refractivity contribution is 8.00. The molecule has 1 amide bonds. The molecule has 0 radical (unpaired) electrons. The van der Waals surface area contributed by atoms with Gasteiger partial charge in [-0.25, -0.2) is 0 Å². The smallest absolute Gasteiger partial charge is 0.235 e. The Bertz CT molecular complexity index is 399. The number of amides is 1. The summed E-state index contributed by atoms with van der Waals surface area (Å²) in [5, 5.41) is -0.105. The van der Waals surface area contributed by atoms with Crippen LogP contribution in [0.25, 0.3) is 0 Å². The average Bonchev–Trinajstić information content (AvgIpc) is 2.40. The Balaban J connectivity index is 2.65. The molecule has 0 spiro atoms. The van der Waals surface area contributed by atoms with Gasteiger partial charge in [0, 0.05) is 23.5 Å². The SMILES string of the molecule is CCN(CC)C(=O)C(C)Sc1ccc(C=O)cc1. The van der Waals surface area contributed by atoms with Crippen molar-refractivity contribution in [1.82, 2.24) is 4.90 Å². The van der Waals surface area contributed by atoms with Crippen LogP contribution in [0, 0.1) is 0 Å². The third-order valence-corrected chi connectivity index (χ3v) is 3.85. The van der Waals surface area contributed by atoms with E-state index < -0.39 is 0 Å². The van der Waals surface area contributed by atoms with Gasteiger partial charge >= 0.3 is 0 Å². The van der Waals surface area contributed by atoms with Gasteiger partial charge in [0.1, 0.15) is 6.29 Å². The zero-order valence-electron chi connectivity index (χ0n) is 11.1. The number of carbonyl (C=O) groups excluding carboxylic acids is 2. The van der Waals surface area contributed by atoms with Gasteiger partial charge in [-0.05, 0) is 32.9 Å². The summed E-state index contributed by atoms with van der Waals surface area (Å²) in [6.07, 6.45) is 0.818. The number of hydrogen-bond donors (Lipinski definition) is 0. The van der Waals surface area contributed by atoms with Crippen molar-refractivity contribution in [3.63, 3.8) is 0 Å². The first-order chi connectivity index (χ1) is 8.62. The van der Waals surface area contributed by atoms with Crippen molar-refractivity contribution in [3.8, 4) is 0 Å². The highest BCUT2D eigenvalue weighted by Gasteiger charge is 2.18. The largest absolute Gasteiger partial charge is 0.342 e. The van der Waals surface area contributed by atoms with Gasteiger partial charge in [-0.15, -0.1) is 11.8 Å². The van der Waals surface area contributed by atoms with Crippen molar-refractivity contribution in [2.75, 3.05) is 13.1 Å². The Morgan fingerprint density at radius 2 is 1.83 bits per heavy atom. The fourth-order valence-electron chi connectivity index (χ4n) is 1.67. The van der Waals surface area contributed by atoms with Gasteiger partial charge in [0.05, 0.1) is 5.25 Å². The summed E-state index contributed by atoms with van der Waals surface area (Å²) in [4.78, 5) is 25.5. The molecule has 0 aliphatic carbocycles. The van der Waals surface area contributed by atoms with Gasteiger partial charge in [0.2, 0.25) is 5.91 Å². The molecular weight excluding hydrogens is 246 g/mol. The number of carbonyl (C=O) groups is 2. The van der Waals surface area contributed by atoms with E-state index in [2.05, 4.69) is 0 Å². The summed E-state index contributed by atoms with van der Waals surface area (Å²) in [5.74, 6) is 0.157. The van der Waals surface area contributed by atoms with Gasteiger partial charge in [-0.2, -0.15) is 0 Å². The lowest BCUT2D eigenvalue weighted by atomic mass is 10.2. The molecule has 1 rings (SSSR count). The van der Waals surface area contributed by atoms with Crippen LogP contribution in [0.1, 0.15) is 31.1 Å². The second-order valence-corrected chi connectivity index (χ2v) is 5.37. The van der Waals surface area contributed by atoms with Gasteiger partial charge < -0.3 is 4.90 Å². The van der Waals surface area contributed by atoms with Crippen LogP contribution in [0.3, 0.4) is 0 Å². The summed E-state index contributed by atoms with van der Waals surface area (Å²) < 4.78 is 0. The van der Waals surface area contributed by atoms with E-state index in [4.69, 9.17) is 0 Å². The van der Waals surface area contributed by atoms with E-state index in [1.165, 1.54) is 11.8 Å². The number of rotatable bonds is 6. The lowest BCUT2D eigenvalue weighted by Gasteiger charge is -2.22. The Morgan fingerprint density at radius 1 is 1.28 bits per heavy atom. The lowest BCUT2D eigenvalue weighted by Crippen LogP contribution is -2.36. The first kappa shape index (κ1) is 14.8. The topological polar surface area (TPSA) is 37.4 Å². The fraction of sp³-hybridized carbons (Fsp3) is 0.429. The van der Waals surface area contributed by atoms with E-state index in [1.54, 1.807) is 12.1 Å². The number of aldehydes is 1. The Labute approximate surface area is 113 Å². The highest BCUT2D eigenvalue weighted by Crippen LogP contribution is 2.24. The maximum atomic E-state index is 12.1. The van der Waals surface area contributed by atoms with E-state index in [9.17, 15) is 9.59 Å². The Morgan fingerprint density at radius 3 is 2.28 bits per heavy atom. The van der Waals surface area contributed by atoms with Crippen LogP contribution in [0.5, 0.6) is 0 Å². The monoisotopic (exact) mass is 265 g/mol. The normalized spacial score (nSPS) is 11.9. The molecule has 18 heavy (non-hydrogen) atoms. The van der Waals surface area contributed by atoms with Crippen molar-refractivity contribution >= 4 is 24.0 Å². The molecule has 0 aliphatic rings. The van der Waals surface area contributed by atoms with E-state index in [0.29, 0.717) is 5.56 Å². The van der Waals surface area contributed by atoms with Crippen molar-refractivity contribution in [3.05, 3.63) is 29.8 Å². The van der Waals surface area contributed by atoms with E-state index in [0.717, 1.165) is 24.3 Å². The van der Waals surface area contributed by atoms with Crippen molar-refractivity contribution in [2.45, 2.75) is 30.9 Å². The number of thioether (sulfide) groups is 1. The molecule has 0 aliphatic heterocycles. The second kappa shape index (κ2) is 7.21. The van der Waals surface area contributed by atoms with Crippen LogP contribution >= 0.6 is 11.8 Å². The van der Waals surface area contributed by atoms with Crippen LogP contribution in [0.4, 0.5) is 0 Å². The van der Waals surface area contributed by atoms with Gasteiger partial charge in [0.25, 0.3) is 0 Å². The summed E-state index contributed by atoms with van der Waals surface area (Å²) in [6, 6.07) is 7.29. The summed E-state index contributed by atoms with van der Waals surface area (Å²) >= 11 is 1.52. The fourth-order valence-corrected chi connectivity index (χ4v) is 2.62. The van der Waals surface area contributed by atoms with E-state index in [-0.39, 0.29) is 11.2 Å². The molecule has 1 atom stereocenters. The van der Waals surface area contributed by atoms with Gasteiger partial charge in [0.15, 0.2) is 0 Å². The highest BCUT2D eigenvalue weighted by atomic mass is 32.2. The zero-order chi connectivity index (χ0) is 13.5. The Hall–Kier alpha value is -1.29. The van der Waals surface area contributed by atoms with E-state index >= 15 is 0 Å². The number of benzene rings is 1. The quantitative estimate of drug-likeness (QED) is 0.586. The average molecular weight is 265 g/mol. The third-order valence-electron chi connectivity index (χ3n) is 2.75. The zero-order valence-corrected chi connectivity index (χ0v) is 11.9. The maximum absolute atomic E-state index is 12.1. The molecule has 0 aromatic heterocycles. The Kier molecular flexibility index (Phi) is 5.92. The minimum Gasteiger partial charge on any atom is -0.342 e. The summed E-state index contributed by atoms with van der Waals surface area (Å²) in [5.41, 5.74) is 0.655. The number of nitrogens with zero attached hydrogens (tertiary/aromatic N) is 1. The molecule has 1 aromatic rings. The molecule has 0 saturated heterocycles. The standard InChI is InChI=1S/C14H19NO2S/c1-4-15(5-2)14(17)11(3)18-13-8-6-12(10-16)7-9-13/h6-11H,4-5H2,1-3H3. The predicted octanol–water partition coefficient (Wildman–Crippen LogP) is 2.85. The molecule has 0 N–H and O–H groups in total. The molecule has 0 saturated carbocycles. The molecule has 1 unspecified atom stereocenters. The van der Waals surface area contributed by atoms with E-state index in [1.807, 2.05) is 37.8 Å². The van der Waals surface area contributed by atoms with Crippen LogP contribution in [0.2, 0.25) is 0 Å². The van der Waals surface area contributed by atoms with Gasteiger partial charge in [-0.3, -0.25) is 9.59 Å².